The number of unbranched alkanes of at least 4 members (excludes halogenated alkanes) is 1. The second kappa shape index (κ2) is 24.3. The van der Waals surface area contributed by atoms with E-state index in [1.807, 2.05) is 0 Å². The number of hydrogen-bond acceptors (Lipinski definition) is 0. The first kappa shape index (κ1) is 23.0. The molecule has 0 N–H and O–H groups in total. The molecule has 53 valence electrons. The van der Waals surface area contributed by atoms with Gasteiger partial charge in [0.15, 0.2) is 0 Å². The Hall–Kier alpha value is 1.09. The summed E-state index contributed by atoms with van der Waals surface area (Å²) in [7, 11) is 3.35. The molecule has 0 spiro atoms. The van der Waals surface area contributed by atoms with Crippen LogP contribution in [0.25, 0.3) is 0 Å². The summed E-state index contributed by atoms with van der Waals surface area (Å²) in [5.74, 6) is 0. The van der Waals surface area contributed by atoms with Gasteiger partial charge in [0, 0.05) is 10.2 Å². The second-order valence-electron chi connectivity index (χ2n) is 1.10. The third-order valence-electron chi connectivity index (χ3n) is 0.530. The van der Waals surface area contributed by atoms with Gasteiger partial charge in [-0.05, 0) is 0 Å². The lowest BCUT2D eigenvalue weighted by Crippen LogP contribution is -1.63. The lowest BCUT2D eigenvalue weighted by atomic mass is 10.4. The number of halogens is 3. The van der Waals surface area contributed by atoms with Crippen LogP contribution < -0.4 is 0 Å². The molecule has 0 unspecified atom stereocenters. The Bertz CT molecular complexity index is 18.8. The van der Waals surface area contributed by atoms with Crippen molar-refractivity contribution in [2.24, 2.45) is 0 Å². The molecule has 0 aromatic carbocycles. The Morgan fingerprint density at radius 2 is 1.50 bits per heavy atom. The van der Waals surface area contributed by atoms with E-state index in [0.29, 0.717) is 0 Å². The highest BCUT2D eigenvalue weighted by atomic mass is 35.5. The monoisotopic (exact) mass is 193 g/mol. The van der Waals surface area contributed by atoms with Gasteiger partial charge in [0.25, 0.3) is 0 Å². The fraction of sp³-hybridized carbons (Fsp3) is 1.00. The van der Waals surface area contributed by atoms with Crippen LogP contribution in [0.2, 0.25) is 6.04 Å². The first-order valence-corrected chi connectivity index (χ1v) is 2.77. The molecule has 0 aliphatic heterocycles. The molecular weight excluding hydrogens is 182 g/mol. The van der Waals surface area contributed by atoms with Crippen molar-refractivity contribution in [2.45, 2.75) is 25.8 Å². The molecular formula is C4H12Cl3Si. The lowest BCUT2D eigenvalue weighted by Gasteiger charge is -1.78. The molecule has 8 heavy (non-hydrogen) atoms. The third kappa shape index (κ3) is 27.6. The Balaban J connectivity index is -0.0000000267. The molecule has 3 radical (unpaired) electrons. The molecule has 0 atom stereocenters. The summed E-state index contributed by atoms with van der Waals surface area (Å²) in [6.45, 7) is 2.18. The van der Waals surface area contributed by atoms with Gasteiger partial charge < -0.3 is 0 Å². The minimum atomic E-state index is 0. The summed E-state index contributed by atoms with van der Waals surface area (Å²) in [6.07, 6.45) is 2.60. The van der Waals surface area contributed by atoms with Crippen LogP contribution in [0, 0.1) is 0 Å². The second-order valence-corrected chi connectivity index (χ2v) is 1.60. The first-order chi connectivity index (χ1) is 2.41. The smallest absolute Gasteiger partial charge is 0.0222 e. The van der Waals surface area contributed by atoms with Gasteiger partial charge in [-0.25, -0.2) is 0 Å². The van der Waals surface area contributed by atoms with Crippen LogP contribution >= 0.6 is 37.2 Å². The summed E-state index contributed by atoms with van der Waals surface area (Å²) in [6, 6.07) is 1.15. The molecule has 0 aliphatic rings. The summed E-state index contributed by atoms with van der Waals surface area (Å²) in [5, 5.41) is 0. The molecule has 0 nitrogen and oxygen atoms in total. The summed E-state index contributed by atoms with van der Waals surface area (Å²) in [5.41, 5.74) is 0. The van der Waals surface area contributed by atoms with Crippen molar-refractivity contribution in [1.29, 1.82) is 0 Å². The maximum Gasteiger partial charge on any atom is 0.0222 e. The zero-order valence-electron chi connectivity index (χ0n) is 4.85. The molecule has 0 aliphatic carbocycles. The van der Waals surface area contributed by atoms with Gasteiger partial charge in [-0.3, -0.25) is 0 Å². The van der Waals surface area contributed by atoms with Gasteiger partial charge in [-0.1, -0.05) is 25.8 Å². The van der Waals surface area contributed by atoms with Gasteiger partial charge in [-0.2, -0.15) is 0 Å². The maximum absolute atomic E-state index is 3.35. The van der Waals surface area contributed by atoms with Gasteiger partial charge >= 0.3 is 0 Å². The topological polar surface area (TPSA) is 0 Å². The van der Waals surface area contributed by atoms with Gasteiger partial charge in [-0.15, -0.1) is 37.2 Å². The van der Waals surface area contributed by atoms with Crippen molar-refractivity contribution in [3.63, 3.8) is 0 Å². The summed E-state index contributed by atoms with van der Waals surface area (Å²) >= 11 is 0. The van der Waals surface area contributed by atoms with E-state index < -0.39 is 0 Å². The normalized spacial score (nSPS) is 5.25. The largest absolute Gasteiger partial charge is 0.147 e. The standard InChI is InChI=1S/C4H9Si.3ClH/c1-2-3-4-5;;;/h2-4H2,1H3;3*1H. The van der Waals surface area contributed by atoms with Crippen LogP contribution in [0.1, 0.15) is 19.8 Å². The zero-order chi connectivity index (χ0) is 4.12. The molecule has 0 aromatic rings. The van der Waals surface area contributed by atoms with E-state index in [-0.39, 0.29) is 37.2 Å². The molecule has 0 amide bonds. The predicted molar refractivity (Wildman–Crippen MR) is 47.2 cm³/mol. The van der Waals surface area contributed by atoms with Gasteiger partial charge in [0.2, 0.25) is 0 Å². The highest BCUT2D eigenvalue weighted by molar-refractivity contribution is 6.08. The Labute approximate surface area is 73.5 Å². The highest BCUT2D eigenvalue weighted by Gasteiger charge is 1.68. The highest BCUT2D eigenvalue weighted by Crippen LogP contribution is 1.86. The van der Waals surface area contributed by atoms with E-state index in [1.54, 1.807) is 0 Å². The van der Waals surface area contributed by atoms with Crippen molar-refractivity contribution in [2.75, 3.05) is 0 Å². The van der Waals surface area contributed by atoms with Crippen molar-refractivity contribution in [1.82, 2.24) is 0 Å². The lowest BCUT2D eigenvalue weighted by molar-refractivity contribution is 0.884. The van der Waals surface area contributed by atoms with E-state index in [4.69, 9.17) is 0 Å². The first-order valence-electron chi connectivity index (χ1n) is 2.06. The summed E-state index contributed by atoms with van der Waals surface area (Å²) in [4.78, 5) is 0. The molecule has 0 heterocycles. The average Bonchev–Trinajstić information content (AvgIpc) is 1.41. The Morgan fingerprint density at radius 1 is 1.12 bits per heavy atom. The van der Waals surface area contributed by atoms with Crippen molar-refractivity contribution in [3.8, 4) is 0 Å². The zero-order valence-corrected chi connectivity index (χ0v) is 8.30. The van der Waals surface area contributed by atoms with E-state index >= 15 is 0 Å². The molecule has 0 aromatic heterocycles. The van der Waals surface area contributed by atoms with E-state index in [9.17, 15) is 0 Å². The van der Waals surface area contributed by atoms with Gasteiger partial charge in [0.05, 0.1) is 0 Å². The third-order valence-corrected chi connectivity index (χ3v) is 0.884. The minimum Gasteiger partial charge on any atom is -0.147 e. The molecule has 0 saturated carbocycles. The van der Waals surface area contributed by atoms with Crippen LogP contribution in [-0.4, -0.2) is 10.2 Å². The molecule has 0 bridgehead atoms. The molecule has 0 rings (SSSR count). The fourth-order valence-corrected chi connectivity index (χ4v) is 0.530. The van der Waals surface area contributed by atoms with Crippen LogP contribution in [0.4, 0.5) is 0 Å². The quantitative estimate of drug-likeness (QED) is 0.593. The average molecular weight is 195 g/mol. The Kier molecular flexibility index (Phi) is 69.8. The van der Waals surface area contributed by atoms with Crippen molar-refractivity contribution in [3.05, 3.63) is 0 Å². The number of rotatable bonds is 2. The van der Waals surface area contributed by atoms with Crippen LogP contribution in [0.5, 0.6) is 0 Å². The van der Waals surface area contributed by atoms with Crippen LogP contribution in [0.15, 0.2) is 0 Å². The van der Waals surface area contributed by atoms with Crippen molar-refractivity contribution < 1.29 is 0 Å². The molecule has 4 heteroatoms. The predicted octanol–water partition coefficient (Wildman–Crippen LogP) is 2.64. The number of hydrogen-bond donors (Lipinski definition) is 0. The van der Waals surface area contributed by atoms with Crippen molar-refractivity contribution >= 4 is 47.5 Å². The minimum absolute atomic E-state index is 0. The van der Waals surface area contributed by atoms with E-state index in [2.05, 4.69) is 17.2 Å². The van der Waals surface area contributed by atoms with Gasteiger partial charge in [0.1, 0.15) is 0 Å². The summed E-state index contributed by atoms with van der Waals surface area (Å²) < 4.78 is 0. The van der Waals surface area contributed by atoms with Crippen LogP contribution in [0.3, 0.4) is 0 Å². The Morgan fingerprint density at radius 3 is 1.50 bits per heavy atom. The van der Waals surface area contributed by atoms with E-state index in [1.165, 1.54) is 12.8 Å². The fourth-order valence-electron chi connectivity index (χ4n) is 0.177. The van der Waals surface area contributed by atoms with Crippen LogP contribution in [-0.2, 0) is 0 Å². The molecule has 0 saturated heterocycles. The maximum atomic E-state index is 3.35. The molecule has 0 fully saturated rings. The SMILES string of the molecule is CCCC[Si].Cl.Cl.Cl. The van der Waals surface area contributed by atoms with E-state index in [0.717, 1.165) is 6.04 Å².